The van der Waals surface area contributed by atoms with Crippen molar-refractivity contribution in [2.75, 3.05) is 6.54 Å². The molecule has 5 nitrogen and oxygen atoms in total. The standard InChI is InChI=1S/C17H14Cl2F2N4OS/c18-15-9(6-24-25-15)13-12(14(17(23)26)27-16(13)19)8(5-22)3-7-1-2-10(20)11(21)4-7/h1-2,4,6,8H,3,5,22H2,(H2,23,26)(H,24,25)/t8-/m1/s1. The van der Waals surface area contributed by atoms with Crippen LogP contribution in [0.15, 0.2) is 24.4 Å². The lowest BCUT2D eigenvalue weighted by molar-refractivity contribution is 0.100. The Kier molecular flexibility index (Phi) is 5.81. The van der Waals surface area contributed by atoms with Gasteiger partial charge in [0.2, 0.25) is 0 Å². The van der Waals surface area contributed by atoms with Gasteiger partial charge in [-0.15, -0.1) is 11.3 Å². The van der Waals surface area contributed by atoms with E-state index in [1.807, 2.05) is 0 Å². The van der Waals surface area contributed by atoms with Gasteiger partial charge in [0.25, 0.3) is 5.91 Å². The van der Waals surface area contributed by atoms with Gasteiger partial charge in [-0.05, 0) is 36.2 Å². The topological polar surface area (TPSA) is 97.8 Å². The van der Waals surface area contributed by atoms with Crippen LogP contribution in [0.2, 0.25) is 9.49 Å². The lowest BCUT2D eigenvalue weighted by Gasteiger charge is -2.18. The van der Waals surface area contributed by atoms with Crippen LogP contribution in [-0.2, 0) is 6.42 Å². The SMILES string of the molecule is NC[C@@H](Cc1ccc(F)c(F)c1)c1c(C(N)=O)sc(Cl)c1-c1cn[nH]c1Cl. The van der Waals surface area contributed by atoms with Gasteiger partial charge in [0.15, 0.2) is 11.6 Å². The van der Waals surface area contributed by atoms with E-state index in [4.69, 9.17) is 34.7 Å². The van der Waals surface area contributed by atoms with Crippen molar-refractivity contribution in [1.82, 2.24) is 10.2 Å². The summed E-state index contributed by atoms with van der Waals surface area (Å²) in [5.74, 6) is -2.99. The summed E-state index contributed by atoms with van der Waals surface area (Å²) in [6, 6.07) is 3.60. The molecule has 1 aromatic carbocycles. The Labute approximate surface area is 167 Å². The lowest BCUT2D eigenvalue weighted by Crippen LogP contribution is -2.20. The highest BCUT2D eigenvalue weighted by Gasteiger charge is 2.29. The first-order valence-corrected chi connectivity index (χ1v) is 9.35. The summed E-state index contributed by atoms with van der Waals surface area (Å²) in [5.41, 5.74) is 13.5. The minimum atomic E-state index is -0.958. The van der Waals surface area contributed by atoms with Gasteiger partial charge in [-0.25, -0.2) is 8.78 Å². The van der Waals surface area contributed by atoms with Crippen molar-refractivity contribution in [3.8, 4) is 11.1 Å². The molecular formula is C17H14Cl2F2N4OS. The molecule has 142 valence electrons. The number of benzene rings is 1. The van der Waals surface area contributed by atoms with Crippen LogP contribution in [-0.4, -0.2) is 22.6 Å². The quantitative estimate of drug-likeness (QED) is 0.548. The third kappa shape index (κ3) is 3.84. The van der Waals surface area contributed by atoms with E-state index in [2.05, 4.69) is 10.2 Å². The van der Waals surface area contributed by atoms with Crippen LogP contribution in [0.3, 0.4) is 0 Å². The van der Waals surface area contributed by atoms with Crippen LogP contribution in [0.1, 0.15) is 26.7 Å². The Morgan fingerprint density at radius 2 is 2.04 bits per heavy atom. The maximum absolute atomic E-state index is 13.6. The number of primary amides is 1. The Hall–Kier alpha value is -2.00. The van der Waals surface area contributed by atoms with Crippen molar-refractivity contribution in [2.24, 2.45) is 11.5 Å². The molecule has 0 saturated heterocycles. The van der Waals surface area contributed by atoms with E-state index < -0.39 is 23.5 Å². The maximum atomic E-state index is 13.6. The van der Waals surface area contributed by atoms with E-state index in [0.29, 0.717) is 26.6 Å². The largest absolute Gasteiger partial charge is 0.365 e. The van der Waals surface area contributed by atoms with Crippen LogP contribution in [0.4, 0.5) is 8.78 Å². The minimum absolute atomic E-state index is 0.120. The molecule has 2 heterocycles. The minimum Gasteiger partial charge on any atom is -0.365 e. The molecule has 10 heteroatoms. The van der Waals surface area contributed by atoms with Crippen molar-refractivity contribution < 1.29 is 13.6 Å². The molecule has 0 radical (unpaired) electrons. The molecule has 0 aliphatic rings. The second-order valence-corrected chi connectivity index (χ2v) is 7.84. The number of nitrogens with one attached hydrogen (secondary N) is 1. The van der Waals surface area contributed by atoms with E-state index in [9.17, 15) is 13.6 Å². The van der Waals surface area contributed by atoms with Gasteiger partial charge >= 0.3 is 0 Å². The summed E-state index contributed by atoms with van der Waals surface area (Å²) in [7, 11) is 0. The number of hydrogen-bond acceptors (Lipinski definition) is 4. The van der Waals surface area contributed by atoms with E-state index in [0.717, 1.165) is 23.5 Å². The van der Waals surface area contributed by atoms with Crippen molar-refractivity contribution >= 4 is 40.4 Å². The smallest absolute Gasteiger partial charge is 0.259 e. The average Bonchev–Trinajstić information content (AvgIpc) is 3.18. The van der Waals surface area contributed by atoms with E-state index in [-0.39, 0.29) is 23.0 Å². The first-order valence-electron chi connectivity index (χ1n) is 7.78. The predicted octanol–water partition coefficient (Wildman–Crippen LogP) is 4.11. The molecule has 1 amide bonds. The summed E-state index contributed by atoms with van der Waals surface area (Å²) in [5, 5.41) is 6.72. The average molecular weight is 431 g/mol. The Morgan fingerprint density at radius 1 is 1.30 bits per heavy atom. The van der Waals surface area contributed by atoms with Crippen molar-refractivity contribution in [3.05, 3.63) is 61.5 Å². The fourth-order valence-corrected chi connectivity index (χ4v) is 4.55. The number of rotatable bonds is 6. The van der Waals surface area contributed by atoms with E-state index >= 15 is 0 Å². The molecule has 0 spiro atoms. The van der Waals surface area contributed by atoms with Crippen molar-refractivity contribution in [1.29, 1.82) is 0 Å². The number of carbonyl (C=O) groups is 1. The molecule has 0 unspecified atom stereocenters. The van der Waals surface area contributed by atoms with Crippen LogP contribution in [0, 0.1) is 11.6 Å². The molecule has 0 fully saturated rings. The second kappa shape index (κ2) is 7.93. The fraction of sp³-hybridized carbons (Fsp3) is 0.176. The van der Waals surface area contributed by atoms with Crippen LogP contribution < -0.4 is 11.5 Å². The molecular weight excluding hydrogens is 417 g/mol. The fourth-order valence-electron chi connectivity index (χ4n) is 2.94. The van der Waals surface area contributed by atoms with E-state index in [1.54, 1.807) is 0 Å². The highest BCUT2D eigenvalue weighted by Crippen LogP contribution is 2.45. The zero-order valence-electron chi connectivity index (χ0n) is 13.7. The molecule has 0 saturated carbocycles. The number of carbonyl (C=O) groups excluding carboxylic acids is 1. The van der Waals surface area contributed by atoms with Crippen LogP contribution >= 0.6 is 34.5 Å². The highest BCUT2D eigenvalue weighted by atomic mass is 35.5. The molecule has 2 aromatic heterocycles. The van der Waals surface area contributed by atoms with Crippen molar-refractivity contribution in [3.63, 3.8) is 0 Å². The molecule has 0 bridgehead atoms. The summed E-state index contributed by atoms with van der Waals surface area (Å²) >= 11 is 13.5. The van der Waals surface area contributed by atoms with Gasteiger partial charge in [-0.2, -0.15) is 5.10 Å². The second-order valence-electron chi connectivity index (χ2n) is 5.84. The van der Waals surface area contributed by atoms with Gasteiger partial charge in [0, 0.05) is 17.0 Å². The van der Waals surface area contributed by atoms with Gasteiger partial charge in [-0.3, -0.25) is 9.89 Å². The number of nitrogens with zero attached hydrogens (tertiary/aromatic N) is 1. The Bertz CT molecular complexity index is 1000. The monoisotopic (exact) mass is 430 g/mol. The molecule has 0 aliphatic heterocycles. The zero-order chi connectivity index (χ0) is 19.7. The van der Waals surface area contributed by atoms with Gasteiger partial charge in [0.05, 0.1) is 11.1 Å². The molecule has 0 aliphatic carbocycles. The number of nitrogens with two attached hydrogens (primary N) is 2. The number of amides is 1. The maximum Gasteiger partial charge on any atom is 0.259 e. The normalized spacial score (nSPS) is 12.3. The highest BCUT2D eigenvalue weighted by molar-refractivity contribution is 7.18. The van der Waals surface area contributed by atoms with Gasteiger partial charge in [-0.1, -0.05) is 29.3 Å². The number of thiophene rings is 1. The lowest BCUT2D eigenvalue weighted by atomic mass is 9.88. The molecule has 1 atom stereocenters. The number of H-pyrrole nitrogens is 1. The third-order valence-corrected chi connectivity index (χ3v) is 5.86. The number of halogens is 4. The summed E-state index contributed by atoms with van der Waals surface area (Å²) in [6.45, 7) is 0.120. The first-order chi connectivity index (χ1) is 12.8. The molecule has 3 aromatic rings. The summed E-state index contributed by atoms with van der Waals surface area (Å²) < 4.78 is 27.1. The number of aromatic nitrogens is 2. The van der Waals surface area contributed by atoms with Crippen LogP contribution in [0.25, 0.3) is 11.1 Å². The summed E-state index contributed by atoms with van der Waals surface area (Å²) in [6.07, 6.45) is 1.74. The molecule has 27 heavy (non-hydrogen) atoms. The van der Waals surface area contributed by atoms with Gasteiger partial charge < -0.3 is 11.5 Å². The van der Waals surface area contributed by atoms with Gasteiger partial charge in [0.1, 0.15) is 9.49 Å². The Morgan fingerprint density at radius 3 is 2.59 bits per heavy atom. The van der Waals surface area contributed by atoms with Crippen LogP contribution in [0.5, 0.6) is 0 Å². The number of hydrogen-bond donors (Lipinski definition) is 3. The van der Waals surface area contributed by atoms with E-state index in [1.165, 1.54) is 12.3 Å². The molecule has 3 rings (SSSR count). The number of aromatic amines is 1. The predicted molar refractivity (Wildman–Crippen MR) is 102 cm³/mol. The zero-order valence-corrected chi connectivity index (χ0v) is 16.1. The molecule has 5 N–H and O–H groups in total. The third-order valence-electron chi connectivity index (χ3n) is 4.15. The van der Waals surface area contributed by atoms with Crippen molar-refractivity contribution in [2.45, 2.75) is 12.3 Å². The first kappa shape index (κ1) is 19.8. The summed E-state index contributed by atoms with van der Waals surface area (Å²) in [4.78, 5) is 12.2. The Balaban J connectivity index is 2.13.